The van der Waals surface area contributed by atoms with Crippen molar-refractivity contribution in [1.82, 2.24) is 5.32 Å². The Kier molecular flexibility index (Phi) is 8.50. The summed E-state index contributed by atoms with van der Waals surface area (Å²) < 4.78 is 10.00. The number of amides is 2. The Morgan fingerprint density at radius 3 is 2.35 bits per heavy atom. The van der Waals surface area contributed by atoms with Crippen molar-refractivity contribution in [2.45, 2.75) is 19.8 Å². The molecule has 2 aromatic rings. The molecule has 0 aromatic heterocycles. The molecule has 0 aliphatic heterocycles. The van der Waals surface area contributed by atoms with Crippen LogP contribution in [0.25, 0.3) is 0 Å². The maximum Gasteiger partial charge on any atom is 0.338 e. The lowest BCUT2D eigenvalue weighted by molar-refractivity contribution is -0.385. The predicted molar refractivity (Wildman–Crippen MR) is 112 cm³/mol. The van der Waals surface area contributed by atoms with Gasteiger partial charge in [0.15, 0.2) is 5.75 Å². The number of benzene rings is 2. The number of ether oxygens (including phenoxy) is 2. The minimum Gasteiger partial charge on any atom is -0.490 e. The van der Waals surface area contributed by atoms with E-state index in [0.717, 1.165) is 18.9 Å². The lowest BCUT2D eigenvalue weighted by atomic mass is 10.1. The minimum atomic E-state index is -0.661. The first kappa shape index (κ1) is 23.3. The van der Waals surface area contributed by atoms with Crippen molar-refractivity contribution in [3.8, 4) is 5.75 Å². The van der Waals surface area contributed by atoms with Crippen LogP contribution in [0.2, 0.25) is 0 Å². The van der Waals surface area contributed by atoms with Crippen molar-refractivity contribution >= 4 is 29.2 Å². The highest BCUT2D eigenvalue weighted by molar-refractivity contribution is 6.00. The van der Waals surface area contributed by atoms with Crippen LogP contribution in [0.5, 0.6) is 5.75 Å². The van der Waals surface area contributed by atoms with E-state index in [-0.39, 0.29) is 23.5 Å². The second-order valence-corrected chi connectivity index (χ2v) is 6.44. The van der Waals surface area contributed by atoms with Crippen molar-refractivity contribution < 1.29 is 28.8 Å². The van der Waals surface area contributed by atoms with Crippen molar-refractivity contribution in [3.63, 3.8) is 0 Å². The van der Waals surface area contributed by atoms with Gasteiger partial charge in [0.1, 0.15) is 0 Å². The number of carbonyl (C=O) groups is 3. The molecule has 0 unspecified atom stereocenters. The molecule has 164 valence electrons. The molecule has 0 spiro atoms. The molecule has 0 bridgehead atoms. The molecular weight excluding hydrogens is 406 g/mol. The van der Waals surface area contributed by atoms with Crippen LogP contribution in [0.1, 0.15) is 40.5 Å². The van der Waals surface area contributed by atoms with Gasteiger partial charge in [0.25, 0.3) is 5.91 Å². The number of hydrogen-bond acceptors (Lipinski definition) is 7. The second-order valence-electron chi connectivity index (χ2n) is 6.44. The molecule has 2 rings (SSSR count). The maximum absolute atomic E-state index is 12.2. The highest BCUT2D eigenvalue weighted by Gasteiger charge is 2.18. The summed E-state index contributed by atoms with van der Waals surface area (Å²) in [5.74, 6) is -1.56. The number of nitrogens with one attached hydrogen (secondary N) is 2. The third-order valence-corrected chi connectivity index (χ3v) is 4.18. The number of nitrogens with zero attached hydrogens (tertiary/aromatic N) is 1. The van der Waals surface area contributed by atoms with Crippen LogP contribution in [-0.4, -0.2) is 43.0 Å². The first-order valence-electron chi connectivity index (χ1n) is 9.53. The molecule has 0 atom stereocenters. The third-order valence-electron chi connectivity index (χ3n) is 4.18. The number of methoxy groups -OCH3 is 1. The highest BCUT2D eigenvalue weighted by Crippen LogP contribution is 2.27. The van der Waals surface area contributed by atoms with E-state index in [0.29, 0.717) is 17.9 Å². The summed E-state index contributed by atoms with van der Waals surface area (Å²) in [6, 6.07) is 9.88. The summed E-state index contributed by atoms with van der Waals surface area (Å²) in [4.78, 5) is 46.5. The number of nitro groups is 1. The number of rotatable bonds is 10. The van der Waals surface area contributed by atoms with E-state index in [9.17, 15) is 24.5 Å². The van der Waals surface area contributed by atoms with Crippen LogP contribution in [0, 0.1) is 10.1 Å². The average Bonchev–Trinajstić information content (AvgIpc) is 2.77. The quantitative estimate of drug-likeness (QED) is 0.256. The van der Waals surface area contributed by atoms with Gasteiger partial charge in [-0.2, -0.15) is 0 Å². The van der Waals surface area contributed by atoms with Gasteiger partial charge >= 0.3 is 11.7 Å². The Balaban J connectivity index is 1.89. The van der Waals surface area contributed by atoms with Crippen molar-refractivity contribution in [2.75, 3.05) is 25.6 Å². The van der Waals surface area contributed by atoms with Gasteiger partial charge in [0, 0.05) is 17.3 Å². The molecule has 0 fully saturated rings. The standard InChI is InChI=1S/C21H23N3O7/c1-3-4-11-31-21(27)14-5-8-16(9-6-14)23-19(25)13-22-20(26)15-7-10-18(30-2)17(12-15)24(28)29/h5-10,12H,3-4,11,13H2,1-2H3,(H,22,26)(H,23,25). The van der Waals surface area contributed by atoms with E-state index in [1.807, 2.05) is 6.92 Å². The summed E-state index contributed by atoms with van der Waals surface area (Å²) in [7, 11) is 1.29. The Morgan fingerprint density at radius 1 is 1.06 bits per heavy atom. The Bertz CT molecular complexity index is 958. The van der Waals surface area contributed by atoms with Crippen LogP contribution in [0.4, 0.5) is 11.4 Å². The van der Waals surface area contributed by atoms with Crippen molar-refractivity contribution in [2.24, 2.45) is 0 Å². The normalized spacial score (nSPS) is 10.1. The molecule has 0 heterocycles. The van der Waals surface area contributed by atoms with Gasteiger partial charge in [-0.1, -0.05) is 13.3 Å². The van der Waals surface area contributed by atoms with Crippen LogP contribution in [0.3, 0.4) is 0 Å². The molecule has 2 N–H and O–H groups in total. The van der Waals surface area contributed by atoms with E-state index in [4.69, 9.17) is 9.47 Å². The number of carbonyl (C=O) groups excluding carboxylic acids is 3. The van der Waals surface area contributed by atoms with Crippen LogP contribution < -0.4 is 15.4 Å². The molecule has 0 saturated heterocycles. The SMILES string of the molecule is CCCCOC(=O)c1ccc(NC(=O)CNC(=O)c2ccc(OC)c([N+](=O)[O-])c2)cc1. The highest BCUT2D eigenvalue weighted by atomic mass is 16.6. The first-order valence-corrected chi connectivity index (χ1v) is 9.53. The first-order chi connectivity index (χ1) is 14.8. The van der Waals surface area contributed by atoms with Crippen LogP contribution in [0.15, 0.2) is 42.5 Å². The predicted octanol–water partition coefficient (Wildman–Crippen LogP) is 2.93. The van der Waals surface area contributed by atoms with Gasteiger partial charge in [0.05, 0.1) is 30.7 Å². The molecule has 10 heteroatoms. The van der Waals surface area contributed by atoms with Crippen molar-refractivity contribution in [1.29, 1.82) is 0 Å². The monoisotopic (exact) mass is 429 g/mol. The van der Waals surface area contributed by atoms with E-state index in [2.05, 4.69) is 10.6 Å². The second kappa shape index (κ2) is 11.3. The topological polar surface area (TPSA) is 137 Å². The third kappa shape index (κ3) is 6.81. The fraction of sp³-hybridized carbons (Fsp3) is 0.286. The number of anilines is 1. The minimum absolute atomic E-state index is 0.0197. The summed E-state index contributed by atoms with van der Waals surface area (Å²) in [6.45, 7) is 2.00. The van der Waals surface area contributed by atoms with Gasteiger partial charge in [-0.15, -0.1) is 0 Å². The summed E-state index contributed by atoms with van der Waals surface area (Å²) in [5.41, 5.74) is 0.465. The van der Waals surface area contributed by atoms with Gasteiger partial charge in [-0.25, -0.2) is 4.79 Å². The lowest BCUT2D eigenvalue weighted by Gasteiger charge is -2.09. The van der Waals surface area contributed by atoms with E-state index in [1.54, 1.807) is 12.1 Å². The maximum atomic E-state index is 12.2. The molecule has 2 aromatic carbocycles. The largest absolute Gasteiger partial charge is 0.490 e. The smallest absolute Gasteiger partial charge is 0.338 e. The Labute approximate surface area is 178 Å². The zero-order chi connectivity index (χ0) is 22.8. The molecule has 0 aliphatic rings. The zero-order valence-electron chi connectivity index (χ0n) is 17.2. The summed E-state index contributed by atoms with van der Waals surface area (Å²) >= 11 is 0. The summed E-state index contributed by atoms with van der Waals surface area (Å²) in [5, 5.41) is 16.0. The fourth-order valence-corrected chi connectivity index (χ4v) is 2.52. The molecular formula is C21H23N3O7. The number of hydrogen-bond donors (Lipinski definition) is 2. The number of esters is 1. The molecule has 10 nitrogen and oxygen atoms in total. The average molecular weight is 429 g/mol. The van der Waals surface area contributed by atoms with E-state index >= 15 is 0 Å². The Morgan fingerprint density at radius 2 is 1.74 bits per heavy atom. The van der Waals surface area contributed by atoms with Gasteiger partial charge < -0.3 is 20.1 Å². The molecule has 31 heavy (non-hydrogen) atoms. The molecule has 2 amide bonds. The number of nitro benzene ring substituents is 1. The van der Waals surface area contributed by atoms with Gasteiger partial charge in [-0.05, 0) is 42.8 Å². The van der Waals surface area contributed by atoms with Gasteiger partial charge in [-0.3, -0.25) is 19.7 Å². The molecule has 0 saturated carbocycles. The van der Waals surface area contributed by atoms with Crippen LogP contribution in [-0.2, 0) is 9.53 Å². The molecule has 0 aliphatic carbocycles. The Hall–Kier alpha value is -3.95. The van der Waals surface area contributed by atoms with Gasteiger partial charge in [0.2, 0.25) is 5.91 Å². The lowest BCUT2D eigenvalue weighted by Crippen LogP contribution is -2.32. The zero-order valence-corrected chi connectivity index (χ0v) is 17.2. The van der Waals surface area contributed by atoms with E-state index < -0.39 is 22.7 Å². The van der Waals surface area contributed by atoms with Crippen molar-refractivity contribution in [3.05, 3.63) is 63.7 Å². The summed E-state index contributed by atoms with van der Waals surface area (Å²) in [6.07, 6.45) is 1.71. The van der Waals surface area contributed by atoms with Crippen LogP contribution >= 0.6 is 0 Å². The molecule has 0 radical (unpaired) electrons. The van der Waals surface area contributed by atoms with E-state index in [1.165, 1.54) is 31.4 Å². The fourth-order valence-electron chi connectivity index (χ4n) is 2.52. The number of unbranched alkanes of at least 4 members (excludes halogenated alkanes) is 1.